The normalized spacial score (nSPS) is 19.3. The third kappa shape index (κ3) is 2.63. The molecule has 1 aromatic rings. The van der Waals surface area contributed by atoms with Gasteiger partial charge in [-0.3, -0.25) is 0 Å². The number of aromatic nitrogens is 1. The minimum Gasteiger partial charge on any atom is -0.348 e. The Morgan fingerprint density at radius 2 is 2.18 bits per heavy atom. The molecule has 1 saturated heterocycles. The Morgan fingerprint density at radius 1 is 1.47 bits per heavy atom. The monoisotopic (exact) mass is 253 g/mol. The van der Waals surface area contributed by atoms with Crippen LogP contribution in [0.25, 0.3) is 0 Å². The van der Waals surface area contributed by atoms with Crippen LogP contribution in [0.2, 0.25) is 0 Å². The Labute approximate surface area is 108 Å². The van der Waals surface area contributed by atoms with E-state index in [4.69, 9.17) is 10.7 Å². The molecule has 1 aliphatic heterocycles. The zero-order valence-electron chi connectivity index (χ0n) is 11.3. The maximum absolute atomic E-state index is 5.81. The van der Waals surface area contributed by atoms with Gasteiger partial charge in [0.2, 0.25) is 0 Å². The van der Waals surface area contributed by atoms with Gasteiger partial charge < -0.3 is 10.6 Å². The molecule has 17 heavy (non-hydrogen) atoms. The van der Waals surface area contributed by atoms with E-state index < -0.39 is 0 Å². The lowest BCUT2D eigenvalue weighted by Crippen LogP contribution is -2.22. The molecule has 0 unspecified atom stereocenters. The summed E-state index contributed by atoms with van der Waals surface area (Å²) in [4.78, 5) is 8.45. The molecule has 0 bridgehead atoms. The van der Waals surface area contributed by atoms with Crippen molar-refractivity contribution in [2.45, 2.75) is 46.6 Å². The summed E-state index contributed by atoms with van der Waals surface area (Å²) in [6.45, 7) is 11.9. The van der Waals surface area contributed by atoms with E-state index in [1.165, 1.54) is 22.1 Å². The Morgan fingerprint density at radius 3 is 2.59 bits per heavy atom. The molecule has 2 N–H and O–H groups in total. The molecule has 0 aliphatic carbocycles. The van der Waals surface area contributed by atoms with E-state index in [1.807, 2.05) is 0 Å². The topological polar surface area (TPSA) is 42.2 Å². The highest BCUT2D eigenvalue weighted by molar-refractivity contribution is 7.15. The fourth-order valence-corrected chi connectivity index (χ4v) is 3.48. The number of anilines is 1. The van der Waals surface area contributed by atoms with E-state index in [0.29, 0.717) is 17.9 Å². The fraction of sp³-hybridized carbons (Fsp3) is 0.769. The molecule has 96 valence electrons. The summed E-state index contributed by atoms with van der Waals surface area (Å²) in [5, 5.41) is 1.17. The minimum absolute atomic E-state index is 0.423. The van der Waals surface area contributed by atoms with Crippen LogP contribution in [0.4, 0.5) is 5.13 Å². The zero-order valence-corrected chi connectivity index (χ0v) is 12.1. The Balaban J connectivity index is 2.23. The molecule has 0 amide bonds. The number of nitrogens with two attached hydrogens (primary N) is 1. The summed E-state index contributed by atoms with van der Waals surface area (Å²) in [6.07, 6.45) is 1.25. The smallest absolute Gasteiger partial charge is 0.185 e. The predicted molar refractivity (Wildman–Crippen MR) is 74.7 cm³/mol. The van der Waals surface area contributed by atoms with Gasteiger partial charge in [0.15, 0.2) is 5.13 Å². The van der Waals surface area contributed by atoms with Crippen molar-refractivity contribution in [3.63, 3.8) is 0 Å². The molecule has 0 atom stereocenters. The molecule has 1 aromatic heterocycles. The summed E-state index contributed by atoms with van der Waals surface area (Å²) >= 11 is 1.78. The van der Waals surface area contributed by atoms with E-state index in [1.54, 1.807) is 11.3 Å². The molecule has 4 heteroatoms. The van der Waals surface area contributed by atoms with Crippen molar-refractivity contribution in [1.29, 1.82) is 0 Å². The van der Waals surface area contributed by atoms with Crippen molar-refractivity contribution < 1.29 is 0 Å². The first kappa shape index (κ1) is 12.8. The number of rotatable bonds is 3. The molecule has 3 nitrogen and oxygen atoms in total. The van der Waals surface area contributed by atoms with Crippen LogP contribution in [0.3, 0.4) is 0 Å². The van der Waals surface area contributed by atoms with E-state index in [-0.39, 0.29) is 0 Å². The molecule has 0 radical (unpaired) electrons. The Bertz CT molecular complexity index is 395. The van der Waals surface area contributed by atoms with Gasteiger partial charge in [-0.25, -0.2) is 4.98 Å². The molecule has 1 aliphatic rings. The lowest BCUT2D eigenvalue weighted by Gasteiger charge is -2.18. The average molecular weight is 253 g/mol. The number of nitrogens with zero attached hydrogens (tertiary/aromatic N) is 2. The number of thiazole rings is 1. The molecule has 0 spiro atoms. The maximum Gasteiger partial charge on any atom is 0.185 e. The van der Waals surface area contributed by atoms with Crippen LogP contribution in [-0.2, 0) is 6.54 Å². The Hall–Kier alpha value is -0.610. The summed E-state index contributed by atoms with van der Waals surface area (Å²) in [7, 11) is 0. The van der Waals surface area contributed by atoms with Crippen molar-refractivity contribution in [3.05, 3.63) is 10.6 Å². The van der Waals surface area contributed by atoms with Gasteiger partial charge in [-0.05, 0) is 17.8 Å². The number of hydrogen-bond donors (Lipinski definition) is 1. The van der Waals surface area contributed by atoms with Crippen LogP contribution >= 0.6 is 11.3 Å². The lowest BCUT2D eigenvalue weighted by atomic mass is 9.93. The van der Waals surface area contributed by atoms with Crippen LogP contribution in [0.5, 0.6) is 0 Å². The van der Waals surface area contributed by atoms with Gasteiger partial charge >= 0.3 is 0 Å². The maximum atomic E-state index is 5.81. The van der Waals surface area contributed by atoms with Gasteiger partial charge in [0.05, 0.1) is 5.69 Å². The zero-order chi connectivity index (χ0) is 12.6. The second kappa shape index (κ2) is 4.58. The second-order valence-corrected chi connectivity index (χ2v) is 7.06. The number of hydrogen-bond acceptors (Lipinski definition) is 4. The van der Waals surface area contributed by atoms with Crippen molar-refractivity contribution in [1.82, 2.24) is 4.98 Å². The van der Waals surface area contributed by atoms with Crippen LogP contribution in [0.15, 0.2) is 0 Å². The van der Waals surface area contributed by atoms with Crippen molar-refractivity contribution in [2.24, 2.45) is 11.1 Å². The van der Waals surface area contributed by atoms with Crippen LogP contribution < -0.4 is 10.6 Å². The standard InChI is InChI=1S/C13H23N3S/c1-9(2)11-10(7-14)17-12(15-11)16-6-5-13(3,4)8-16/h9H,5-8,14H2,1-4H3. The van der Waals surface area contributed by atoms with Crippen LogP contribution in [-0.4, -0.2) is 18.1 Å². The highest BCUT2D eigenvalue weighted by Gasteiger charge is 2.31. The molecule has 1 fully saturated rings. The highest BCUT2D eigenvalue weighted by atomic mass is 32.1. The summed E-state index contributed by atoms with van der Waals surface area (Å²) in [6, 6.07) is 0. The van der Waals surface area contributed by atoms with Gasteiger partial charge in [0.25, 0.3) is 0 Å². The van der Waals surface area contributed by atoms with Gasteiger partial charge in [-0.1, -0.05) is 27.7 Å². The first-order valence-electron chi connectivity index (χ1n) is 6.37. The molecule has 0 aromatic carbocycles. The van der Waals surface area contributed by atoms with Gasteiger partial charge in [-0.2, -0.15) is 0 Å². The van der Waals surface area contributed by atoms with Crippen molar-refractivity contribution in [3.8, 4) is 0 Å². The lowest BCUT2D eigenvalue weighted by molar-refractivity contribution is 0.418. The fourth-order valence-electron chi connectivity index (χ4n) is 2.36. The summed E-state index contributed by atoms with van der Waals surface area (Å²) in [5.74, 6) is 0.467. The average Bonchev–Trinajstić information content (AvgIpc) is 2.80. The van der Waals surface area contributed by atoms with E-state index in [0.717, 1.165) is 13.1 Å². The second-order valence-electron chi connectivity index (χ2n) is 6.00. The van der Waals surface area contributed by atoms with Crippen molar-refractivity contribution >= 4 is 16.5 Å². The SMILES string of the molecule is CC(C)c1nc(N2CCC(C)(C)C2)sc1CN. The van der Waals surface area contributed by atoms with E-state index in [9.17, 15) is 0 Å². The minimum atomic E-state index is 0.423. The van der Waals surface area contributed by atoms with E-state index >= 15 is 0 Å². The van der Waals surface area contributed by atoms with Crippen molar-refractivity contribution in [2.75, 3.05) is 18.0 Å². The summed E-state index contributed by atoms with van der Waals surface area (Å²) < 4.78 is 0. The van der Waals surface area contributed by atoms with E-state index in [2.05, 4.69) is 32.6 Å². The molecular formula is C13H23N3S. The first-order chi connectivity index (χ1) is 7.93. The Kier molecular flexibility index (Phi) is 3.46. The van der Waals surface area contributed by atoms with Gasteiger partial charge in [0.1, 0.15) is 0 Å². The quantitative estimate of drug-likeness (QED) is 0.900. The molecule has 2 heterocycles. The summed E-state index contributed by atoms with van der Waals surface area (Å²) in [5.41, 5.74) is 7.42. The van der Waals surface area contributed by atoms with Gasteiger partial charge in [0, 0.05) is 24.5 Å². The molecule has 2 rings (SSSR count). The largest absolute Gasteiger partial charge is 0.348 e. The predicted octanol–water partition coefficient (Wildman–Crippen LogP) is 2.96. The highest BCUT2D eigenvalue weighted by Crippen LogP contribution is 2.36. The third-order valence-corrected chi connectivity index (χ3v) is 4.55. The first-order valence-corrected chi connectivity index (χ1v) is 7.19. The molecule has 0 saturated carbocycles. The van der Waals surface area contributed by atoms with Gasteiger partial charge in [-0.15, -0.1) is 11.3 Å². The molecular weight excluding hydrogens is 230 g/mol. The third-order valence-electron chi connectivity index (χ3n) is 3.40. The van der Waals surface area contributed by atoms with Crippen LogP contribution in [0, 0.1) is 5.41 Å². The van der Waals surface area contributed by atoms with Crippen LogP contribution in [0.1, 0.15) is 50.6 Å².